The summed E-state index contributed by atoms with van der Waals surface area (Å²) in [6.45, 7) is 0.483. The van der Waals surface area contributed by atoms with E-state index in [9.17, 15) is 13.6 Å². The Bertz CT molecular complexity index is 854. The average molecular weight is 551 g/mol. The van der Waals surface area contributed by atoms with Crippen molar-refractivity contribution in [3.8, 4) is 5.75 Å². The SMILES string of the molecule is COc1ccc(NC(=O)c2ccc(Br)cc2I)cc1N1CCC(F)(F)CC1. The van der Waals surface area contributed by atoms with Crippen molar-refractivity contribution in [2.75, 3.05) is 30.4 Å². The summed E-state index contributed by atoms with van der Waals surface area (Å²) in [5.41, 5.74) is 1.86. The number of ether oxygens (including phenoxy) is 1. The van der Waals surface area contributed by atoms with E-state index in [1.54, 1.807) is 31.4 Å². The van der Waals surface area contributed by atoms with E-state index in [1.165, 1.54) is 0 Å². The molecule has 27 heavy (non-hydrogen) atoms. The molecule has 1 aliphatic rings. The monoisotopic (exact) mass is 550 g/mol. The second-order valence-corrected chi connectivity index (χ2v) is 8.39. The van der Waals surface area contributed by atoms with Crippen molar-refractivity contribution in [1.82, 2.24) is 0 Å². The van der Waals surface area contributed by atoms with Crippen molar-refractivity contribution >= 4 is 55.8 Å². The van der Waals surface area contributed by atoms with Gasteiger partial charge in [-0.05, 0) is 59.0 Å². The molecule has 2 aromatic rings. The van der Waals surface area contributed by atoms with Crippen molar-refractivity contribution in [3.63, 3.8) is 0 Å². The number of halogens is 4. The molecule has 1 heterocycles. The van der Waals surface area contributed by atoms with Gasteiger partial charge in [-0.3, -0.25) is 4.79 Å². The summed E-state index contributed by atoms with van der Waals surface area (Å²) in [5, 5.41) is 2.88. The van der Waals surface area contributed by atoms with Crippen molar-refractivity contribution in [1.29, 1.82) is 0 Å². The van der Waals surface area contributed by atoms with Gasteiger partial charge in [0.15, 0.2) is 0 Å². The Labute approximate surface area is 178 Å². The molecule has 4 nitrogen and oxygen atoms in total. The summed E-state index contributed by atoms with van der Waals surface area (Å²) in [6.07, 6.45) is -0.381. The first-order chi connectivity index (χ1) is 12.8. The molecule has 144 valence electrons. The van der Waals surface area contributed by atoms with Crippen molar-refractivity contribution < 1.29 is 18.3 Å². The van der Waals surface area contributed by atoms with Gasteiger partial charge in [-0.15, -0.1) is 0 Å². The van der Waals surface area contributed by atoms with Crippen LogP contribution < -0.4 is 15.0 Å². The Hall–Kier alpha value is -1.42. The van der Waals surface area contributed by atoms with Crippen LogP contribution in [0.5, 0.6) is 5.75 Å². The van der Waals surface area contributed by atoms with Crippen LogP contribution in [0.25, 0.3) is 0 Å². The highest BCUT2D eigenvalue weighted by Crippen LogP contribution is 2.36. The summed E-state index contributed by atoms with van der Waals surface area (Å²) >= 11 is 5.49. The Kier molecular flexibility index (Phi) is 6.25. The molecule has 2 aromatic carbocycles. The minimum Gasteiger partial charge on any atom is -0.495 e. The minimum atomic E-state index is -2.62. The van der Waals surface area contributed by atoms with Crippen LogP contribution in [0.1, 0.15) is 23.2 Å². The van der Waals surface area contributed by atoms with E-state index in [4.69, 9.17) is 4.74 Å². The average Bonchev–Trinajstić information content (AvgIpc) is 2.61. The van der Waals surface area contributed by atoms with E-state index in [1.807, 2.05) is 17.0 Å². The zero-order valence-corrected chi connectivity index (χ0v) is 18.3. The second kappa shape index (κ2) is 8.30. The maximum Gasteiger partial charge on any atom is 0.256 e. The van der Waals surface area contributed by atoms with Gasteiger partial charge in [-0.1, -0.05) is 15.9 Å². The van der Waals surface area contributed by atoms with E-state index in [0.29, 0.717) is 22.7 Å². The number of rotatable bonds is 4. The van der Waals surface area contributed by atoms with Gasteiger partial charge in [0.1, 0.15) is 5.75 Å². The number of alkyl halides is 2. The minimum absolute atomic E-state index is 0.191. The Morgan fingerprint density at radius 3 is 2.56 bits per heavy atom. The molecule has 0 spiro atoms. The number of nitrogens with zero attached hydrogens (tertiary/aromatic N) is 1. The maximum absolute atomic E-state index is 13.5. The van der Waals surface area contributed by atoms with Gasteiger partial charge in [0.25, 0.3) is 11.8 Å². The van der Waals surface area contributed by atoms with Crippen LogP contribution in [0.15, 0.2) is 40.9 Å². The van der Waals surface area contributed by atoms with Crippen molar-refractivity contribution in [2.24, 2.45) is 0 Å². The summed E-state index contributed by atoms with van der Waals surface area (Å²) in [5.74, 6) is -2.25. The highest BCUT2D eigenvalue weighted by Gasteiger charge is 2.34. The van der Waals surface area contributed by atoms with Crippen LogP contribution in [-0.2, 0) is 0 Å². The number of piperidine rings is 1. The van der Waals surface area contributed by atoms with Gasteiger partial charge in [-0.2, -0.15) is 0 Å². The molecule has 1 N–H and O–H groups in total. The third kappa shape index (κ3) is 4.90. The molecule has 3 rings (SSSR count). The number of methoxy groups -OCH3 is 1. The summed E-state index contributed by atoms with van der Waals surface area (Å²) in [6, 6.07) is 10.7. The lowest BCUT2D eigenvalue weighted by Gasteiger charge is -2.34. The first-order valence-electron chi connectivity index (χ1n) is 8.36. The van der Waals surface area contributed by atoms with Crippen LogP contribution in [0, 0.1) is 3.57 Å². The van der Waals surface area contributed by atoms with Crippen LogP contribution >= 0.6 is 38.5 Å². The first-order valence-corrected chi connectivity index (χ1v) is 10.2. The van der Waals surface area contributed by atoms with Crippen LogP contribution in [0.2, 0.25) is 0 Å². The molecule has 0 saturated carbocycles. The molecule has 1 fully saturated rings. The topological polar surface area (TPSA) is 41.6 Å². The second-order valence-electron chi connectivity index (χ2n) is 6.31. The molecule has 0 radical (unpaired) electrons. The zero-order chi connectivity index (χ0) is 19.6. The van der Waals surface area contributed by atoms with E-state index in [0.717, 1.165) is 8.04 Å². The lowest BCUT2D eigenvalue weighted by Crippen LogP contribution is -2.39. The van der Waals surface area contributed by atoms with Gasteiger partial charge in [-0.25, -0.2) is 8.78 Å². The lowest BCUT2D eigenvalue weighted by atomic mass is 10.1. The van der Waals surface area contributed by atoms with Crippen molar-refractivity contribution in [3.05, 3.63) is 50.0 Å². The number of benzene rings is 2. The number of carbonyl (C=O) groups is 1. The fraction of sp³-hybridized carbons (Fsp3) is 0.316. The number of nitrogens with one attached hydrogen (secondary N) is 1. The fourth-order valence-corrected chi connectivity index (χ4v) is 4.51. The molecule has 8 heteroatoms. The van der Waals surface area contributed by atoms with E-state index >= 15 is 0 Å². The third-order valence-electron chi connectivity index (χ3n) is 4.45. The lowest BCUT2D eigenvalue weighted by molar-refractivity contribution is -0.0221. The number of hydrogen-bond donors (Lipinski definition) is 1. The highest BCUT2D eigenvalue weighted by atomic mass is 127. The molecule has 1 saturated heterocycles. The quantitative estimate of drug-likeness (QED) is 0.507. The predicted octanol–water partition coefficient (Wildman–Crippen LogP) is 5.55. The van der Waals surface area contributed by atoms with Crippen LogP contribution in [-0.4, -0.2) is 32.0 Å². The zero-order valence-electron chi connectivity index (χ0n) is 14.6. The Morgan fingerprint density at radius 2 is 1.93 bits per heavy atom. The molecule has 1 amide bonds. The van der Waals surface area contributed by atoms with Gasteiger partial charge in [0.05, 0.1) is 18.4 Å². The molecule has 0 bridgehead atoms. The third-order valence-corrected chi connectivity index (χ3v) is 5.83. The van der Waals surface area contributed by atoms with Crippen LogP contribution in [0.3, 0.4) is 0 Å². The normalized spacial score (nSPS) is 16.1. The van der Waals surface area contributed by atoms with E-state index in [-0.39, 0.29) is 31.8 Å². The smallest absolute Gasteiger partial charge is 0.256 e. The summed E-state index contributed by atoms with van der Waals surface area (Å²) in [7, 11) is 1.54. The first kappa shape index (κ1) is 20.3. The van der Waals surface area contributed by atoms with E-state index < -0.39 is 5.92 Å². The predicted molar refractivity (Wildman–Crippen MR) is 114 cm³/mol. The van der Waals surface area contributed by atoms with Gasteiger partial charge >= 0.3 is 0 Å². The molecule has 0 unspecified atom stereocenters. The van der Waals surface area contributed by atoms with Crippen molar-refractivity contribution in [2.45, 2.75) is 18.8 Å². The number of carbonyl (C=O) groups excluding carboxylic acids is 1. The largest absolute Gasteiger partial charge is 0.495 e. The molecular formula is C19H18BrF2IN2O2. The highest BCUT2D eigenvalue weighted by molar-refractivity contribution is 14.1. The van der Waals surface area contributed by atoms with Gasteiger partial charge in [0, 0.05) is 39.7 Å². The Balaban J connectivity index is 1.81. The number of anilines is 2. The number of amides is 1. The Morgan fingerprint density at radius 1 is 1.22 bits per heavy atom. The maximum atomic E-state index is 13.5. The molecular weight excluding hydrogens is 533 g/mol. The van der Waals surface area contributed by atoms with Crippen LogP contribution in [0.4, 0.5) is 20.2 Å². The molecule has 0 aromatic heterocycles. The van der Waals surface area contributed by atoms with Gasteiger partial charge < -0.3 is 15.0 Å². The fourth-order valence-electron chi connectivity index (χ4n) is 2.96. The molecule has 0 aliphatic carbocycles. The summed E-state index contributed by atoms with van der Waals surface area (Å²) in [4.78, 5) is 14.5. The summed E-state index contributed by atoms with van der Waals surface area (Å²) < 4.78 is 34.0. The standard InChI is InChI=1S/C19H18BrF2IN2O2/c1-27-17-5-3-13(11-16(17)25-8-6-19(21,22)7-9-25)24-18(26)14-4-2-12(20)10-15(14)23/h2-5,10-11H,6-9H2,1H3,(H,24,26). The molecule has 1 aliphatic heterocycles. The number of hydrogen-bond acceptors (Lipinski definition) is 3. The molecule has 0 atom stereocenters. The van der Waals surface area contributed by atoms with E-state index in [2.05, 4.69) is 43.8 Å². The van der Waals surface area contributed by atoms with Gasteiger partial charge in [0.2, 0.25) is 0 Å².